The molecule has 0 radical (unpaired) electrons. The van der Waals surface area contributed by atoms with Crippen LogP contribution in [0.2, 0.25) is 0 Å². The number of allylic oxidation sites excluding steroid dienone is 10. The number of phosphoric ester groups is 1. The first-order valence-electron chi connectivity index (χ1n) is 37.5. The number of rotatable bonds is 70. The van der Waals surface area contributed by atoms with Crippen LogP contribution in [0.15, 0.2) is 60.8 Å². The minimum Gasteiger partial charge on any atom is -0.462 e. The van der Waals surface area contributed by atoms with Crippen molar-refractivity contribution in [2.75, 3.05) is 47.5 Å². The molecule has 87 heavy (non-hydrogen) atoms. The Kier molecular flexibility index (Phi) is 66.3. The molecule has 0 amide bonds. The molecule has 9 nitrogen and oxygen atoms in total. The van der Waals surface area contributed by atoms with Crippen molar-refractivity contribution >= 4 is 19.8 Å². The SMILES string of the molecule is CC/C=C\C/C=C\C/C=C\C/C=C\C/C=C\CCCCCCCCCCCCCCCCCCCCCCCCCC(=O)OC(COC(=O)CCCCCCCCCCCCCCCCCCCCCCCCCC)COP(=O)(O)OCC[N+](C)(C)C. The number of hydrogen-bond donors (Lipinski definition) is 1. The average molecular weight is 1240 g/mol. The van der Waals surface area contributed by atoms with Gasteiger partial charge in [0, 0.05) is 12.8 Å². The number of nitrogens with zero attached hydrogens (tertiary/aromatic N) is 1. The monoisotopic (exact) mass is 1240 g/mol. The fraction of sp³-hybridized carbons (Fsp3) is 0.844. The first kappa shape index (κ1) is 84.7. The summed E-state index contributed by atoms with van der Waals surface area (Å²) in [5, 5.41) is 0. The first-order valence-corrected chi connectivity index (χ1v) is 39.0. The van der Waals surface area contributed by atoms with Gasteiger partial charge in [0.2, 0.25) is 0 Å². The summed E-state index contributed by atoms with van der Waals surface area (Å²) in [5.41, 5.74) is 0. The topological polar surface area (TPSA) is 108 Å². The van der Waals surface area contributed by atoms with Crippen LogP contribution in [0.25, 0.3) is 0 Å². The molecule has 0 aromatic carbocycles. The maximum absolute atomic E-state index is 12.9. The molecule has 10 heteroatoms. The van der Waals surface area contributed by atoms with Gasteiger partial charge in [0.25, 0.3) is 0 Å². The van der Waals surface area contributed by atoms with Crippen molar-refractivity contribution in [1.82, 2.24) is 0 Å². The Labute approximate surface area is 540 Å². The Morgan fingerprint density at radius 2 is 0.655 bits per heavy atom. The van der Waals surface area contributed by atoms with Gasteiger partial charge in [0.15, 0.2) is 6.10 Å². The van der Waals surface area contributed by atoms with Crippen LogP contribution in [0.4, 0.5) is 0 Å². The molecule has 510 valence electrons. The van der Waals surface area contributed by atoms with E-state index in [1.807, 2.05) is 21.1 Å². The van der Waals surface area contributed by atoms with Gasteiger partial charge >= 0.3 is 19.8 Å². The van der Waals surface area contributed by atoms with Crippen LogP contribution in [0.5, 0.6) is 0 Å². The molecule has 0 bridgehead atoms. The van der Waals surface area contributed by atoms with Gasteiger partial charge in [-0.05, 0) is 57.8 Å². The summed E-state index contributed by atoms with van der Waals surface area (Å²) in [7, 11) is 1.50. The van der Waals surface area contributed by atoms with Crippen molar-refractivity contribution in [2.45, 2.75) is 373 Å². The number of likely N-dealkylation sites (N-methyl/N-ethyl adjacent to an activating group) is 1. The molecule has 0 aliphatic heterocycles. The quantitative estimate of drug-likeness (QED) is 0.0211. The Morgan fingerprint density at radius 3 is 0.977 bits per heavy atom. The number of esters is 2. The summed E-state index contributed by atoms with van der Waals surface area (Å²) in [6.45, 7) is 4.39. The van der Waals surface area contributed by atoms with E-state index in [0.717, 1.165) is 64.2 Å². The van der Waals surface area contributed by atoms with Crippen molar-refractivity contribution < 1.29 is 42.1 Å². The van der Waals surface area contributed by atoms with E-state index in [2.05, 4.69) is 74.6 Å². The second kappa shape index (κ2) is 68.1. The van der Waals surface area contributed by atoms with Crippen molar-refractivity contribution in [3.05, 3.63) is 60.8 Å². The van der Waals surface area contributed by atoms with Crippen molar-refractivity contribution in [3.63, 3.8) is 0 Å². The number of ether oxygens (including phenoxy) is 2. The zero-order valence-corrected chi connectivity index (χ0v) is 59.2. The zero-order valence-electron chi connectivity index (χ0n) is 58.3. The third-order valence-electron chi connectivity index (χ3n) is 16.8. The van der Waals surface area contributed by atoms with Crippen LogP contribution in [0.1, 0.15) is 367 Å². The van der Waals surface area contributed by atoms with E-state index < -0.39 is 26.5 Å². The van der Waals surface area contributed by atoms with Crippen LogP contribution in [-0.2, 0) is 32.7 Å². The normalized spacial score (nSPS) is 13.4. The van der Waals surface area contributed by atoms with E-state index in [-0.39, 0.29) is 25.6 Å². The molecule has 0 aromatic rings. The average Bonchev–Trinajstić information content (AvgIpc) is 3.68. The molecule has 0 heterocycles. The number of carbonyl (C=O) groups is 2. The van der Waals surface area contributed by atoms with Gasteiger partial charge in [-0.1, -0.05) is 357 Å². The zero-order chi connectivity index (χ0) is 63.4. The second-order valence-corrected chi connectivity index (χ2v) is 28.1. The van der Waals surface area contributed by atoms with E-state index in [1.165, 1.54) is 270 Å². The summed E-state index contributed by atoms with van der Waals surface area (Å²) in [4.78, 5) is 35.9. The number of unbranched alkanes of at least 4 members (excludes halogenated alkanes) is 46. The van der Waals surface area contributed by atoms with Gasteiger partial charge in [0.05, 0.1) is 27.7 Å². The third-order valence-corrected chi connectivity index (χ3v) is 17.8. The van der Waals surface area contributed by atoms with Gasteiger partial charge in [-0.2, -0.15) is 0 Å². The molecule has 0 spiro atoms. The summed E-state index contributed by atoms with van der Waals surface area (Å²) in [5.74, 6) is -0.774. The lowest BCUT2D eigenvalue weighted by Gasteiger charge is -2.24. The third kappa shape index (κ3) is 72.6. The number of phosphoric acid groups is 1. The van der Waals surface area contributed by atoms with Gasteiger partial charge < -0.3 is 18.9 Å². The smallest absolute Gasteiger partial charge is 0.462 e. The van der Waals surface area contributed by atoms with Crippen LogP contribution < -0.4 is 0 Å². The highest BCUT2D eigenvalue weighted by Gasteiger charge is 2.27. The van der Waals surface area contributed by atoms with Crippen molar-refractivity contribution in [1.29, 1.82) is 0 Å². The predicted molar refractivity (Wildman–Crippen MR) is 376 cm³/mol. The molecule has 0 aliphatic carbocycles. The van der Waals surface area contributed by atoms with Crippen LogP contribution in [-0.4, -0.2) is 74.9 Å². The maximum Gasteiger partial charge on any atom is 0.472 e. The van der Waals surface area contributed by atoms with E-state index in [1.54, 1.807) is 0 Å². The van der Waals surface area contributed by atoms with Crippen LogP contribution in [0.3, 0.4) is 0 Å². The number of carbonyl (C=O) groups excluding carboxylic acids is 2. The van der Waals surface area contributed by atoms with Crippen LogP contribution in [0, 0.1) is 0 Å². The molecule has 0 saturated heterocycles. The Morgan fingerprint density at radius 1 is 0.368 bits per heavy atom. The Bertz CT molecular complexity index is 1650. The van der Waals surface area contributed by atoms with E-state index in [4.69, 9.17) is 18.5 Å². The molecular weight excluding hydrogens is 1100 g/mol. The molecule has 2 atom stereocenters. The van der Waals surface area contributed by atoms with Gasteiger partial charge in [-0.25, -0.2) is 4.57 Å². The number of quaternary nitrogens is 1. The highest BCUT2D eigenvalue weighted by Crippen LogP contribution is 2.43. The largest absolute Gasteiger partial charge is 0.472 e. The second-order valence-electron chi connectivity index (χ2n) is 26.7. The molecule has 0 saturated carbocycles. The van der Waals surface area contributed by atoms with E-state index in [9.17, 15) is 19.0 Å². The summed E-state index contributed by atoms with van der Waals surface area (Å²) in [6.07, 6.45) is 90.7. The Balaban J connectivity index is 3.92. The molecule has 0 aliphatic rings. The summed E-state index contributed by atoms with van der Waals surface area (Å²) >= 11 is 0. The minimum atomic E-state index is -4.39. The lowest BCUT2D eigenvalue weighted by Crippen LogP contribution is -2.37. The minimum absolute atomic E-state index is 0.0346. The first-order chi connectivity index (χ1) is 42.5. The van der Waals surface area contributed by atoms with Gasteiger partial charge in [-0.15, -0.1) is 0 Å². The molecule has 2 unspecified atom stereocenters. The standard InChI is InChI=1S/C77H144NO8P/c1-6-8-10-12-14-16-18-20-22-24-26-28-30-32-33-34-35-36-37-38-39-40-41-42-43-44-45-46-48-50-52-54-56-58-60-62-64-66-68-70-77(80)86-75(74-85-87(81,82)84-72-71-78(3,4)5)73-83-76(79)69-67-65-63-61-59-57-55-53-51-49-47-31-29-27-25-23-21-19-17-15-13-11-9-7-2/h8,10,14,16,20,22,26,28,32-33,75H,6-7,9,11-13,15,17-19,21,23-25,27,29-31,34-74H2,1-5H3/p+1/b10-8-,16-14-,22-20-,28-26-,33-32-. The molecule has 1 N–H and O–H groups in total. The molecule has 0 aromatic heterocycles. The maximum atomic E-state index is 12.9. The van der Waals surface area contributed by atoms with Crippen molar-refractivity contribution in [3.8, 4) is 0 Å². The lowest BCUT2D eigenvalue weighted by atomic mass is 10.0. The lowest BCUT2D eigenvalue weighted by molar-refractivity contribution is -0.870. The van der Waals surface area contributed by atoms with Crippen LogP contribution >= 0.6 is 7.82 Å². The molecule has 0 rings (SSSR count). The van der Waals surface area contributed by atoms with E-state index >= 15 is 0 Å². The van der Waals surface area contributed by atoms with Gasteiger partial charge in [0.1, 0.15) is 19.8 Å². The highest BCUT2D eigenvalue weighted by atomic mass is 31.2. The fourth-order valence-electron chi connectivity index (χ4n) is 11.1. The Hall–Kier alpha value is -2.29. The predicted octanol–water partition coefficient (Wildman–Crippen LogP) is 24.6. The number of hydrogen-bond acceptors (Lipinski definition) is 7. The fourth-order valence-corrected chi connectivity index (χ4v) is 11.8. The van der Waals surface area contributed by atoms with E-state index in [0.29, 0.717) is 23.9 Å². The van der Waals surface area contributed by atoms with Crippen molar-refractivity contribution in [2.24, 2.45) is 0 Å². The highest BCUT2D eigenvalue weighted by molar-refractivity contribution is 7.47. The molecule has 0 fully saturated rings. The molecular formula is C77H145NO8P+. The van der Waals surface area contributed by atoms with Gasteiger partial charge in [-0.3, -0.25) is 18.6 Å². The summed E-state index contributed by atoms with van der Waals surface area (Å²) in [6, 6.07) is 0. The summed E-state index contributed by atoms with van der Waals surface area (Å²) < 4.78 is 34.8.